The Morgan fingerprint density at radius 3 is 2.43 bits per heavy atom. The molecule has 2 N–H and O–H groups in total. The molecule has 186 valence electrons. The number of nitrogens with zero attached hydrogens (tertiary/aromatic N) is 1. The van der Waals surface area contributed by atoms with Crippen molar-refractivity contribution < 1.29 is 14.6 Å². The average molecular weight is 493 g/mol. The molecule has 0 spiro atoms. The van der Waals surface area contributed by atoms with E-state index in [4.69, 9.17) is 4.74 Å². The monoisotopic (exact) mass is 492 g/mol. The van der Waals surface area contributed by atoms with E-state index in [0.29, 0.717) is 16.6 Å². The highest BCUT2D eigenvalue weighted by molar-refractivity contribution is 5.97. The van der Waals surface area contributed by atoms with Crippen LogP contribution in [0.2, 0.25) is 0 Å². The SMILES string of the molecule is CCOC(=O)c1cc2cc[nH]c(=O)c2n1-c1cc(C(c2ccccc2)c2ccccc2O)cc(C)c1C. The predicted molar refractivity (Wildman–Crippen MR) is 145 cm³/mol. The summed E-state index contributed by atoms with van der Waals surface area (Å²) in [5.41, 5.74) is 5.71. The van der Waals surface area contributed by atoms with E-state index in [1.54, 1.807) is 42.0 Å². The van der Waals surface area contributed by atoms with E-state index in [0.717, 1.165) is 27.8 Å². The summed E-state index contributed by atoms with van der Waals surface area (Å²) in [5, 5.41) is 11.5. The molecule has 0 aliphatic rings. The van der Waals surface area contributed by atoms with Crippen molar-refractivity contribution in [2.24, 2.45) is 0 Å². The zero-order valence-electron chi connectivity index (χ0n) is 21.0. The van der Waals surface area contributed by atoms with Gasteiger partial charge in [-0.3, -0.25) is 9.36 Å². The molecule has 6 heteroatoms. The van der Waals surface area contributed by atoms with E-state index < -0.39 is 5.97 Å². The Morgan fingerprint density at radius 2 is 1.70 bits per heavy atom. The zero-order valence-corrected chi connectivity index (χ0v) is 21.0. The number of aromatic nitrogens is 2. The van der Waals surface area contributed by atoms with Gasteiger partial charge in [-0.05, 0) is 67.3 Å². The van der Waals surface area contributed by atoms with Crippen molar-refractivity contribution in [2.75, 3.05) is 6.61 Å². The number of benzene rings is 3. The fraction of sp³-hybridized carbons (Fsp3) is 0.161. The Kier molecular flexibility index (Phi) is 6.40. The molecule has 6 nitrogen and oxygen atoms in total. The van der Waals surface area contributed by atoms with Crippen LogP contribution in [0.5, 0.6) is 5.75 Å². The van der Waals surface area contributed by atoms with Crippen molar-refractivity contribution in [2.45, 2.75) is 26.7 Å². The van der Waals surface area contributed by atoms with Gasteiger partial charge in [0.2, 0.25) is 0 Å². The number of nitrogens with one attached hydrogen (secondary N) is 1. The molecule has 0 amide bonds. The Bertz CT molecular complexity index is 1660. The van der Waals surface area contributed by atoms with Gasteiger partial charge >= 0.3 is 5.97 Å². The maximum absolute atomic E-state index is 13.0. The second kappa shape index (κ2) is 9.82. The van der Waals surface area contributed by atoms with E-state index in [2.05, 4.69) is 11.1 Å². The normalized spacial score (nSPS) is 12.0. The van der Waals surface area contributed by atoms with Crippen LogP contribution in [0, 0.1) is 13.8 Å². The van der Waals surface area contributed by atoms with Gasteiger partial charge in [-0.25, -0.2) is 4.79 Å². The van der Waals surface area contributed by atoms with Gasteiger partial charge in [0.05, 0.1) is 12.3 Å². The molecule has 5 rings (SSSR count). The molecule has 0 radical (unpaired) electrons. The Morgan fingerprint density at radius 1 is 0.973 bits per heavy atom. The van der Waals surface area contributed by atoms with Gasteiger partial charge in [0.25, 0.3) is 5.56 Å². The van der Waals surface area contributed by atoms with Crippen molar-refractivity contribution in [1.29, 1.82) is 0 Å². The Balaban J connectivity index is 1.83. The smallest absolute Gasteiger partial charge is 0.355 e. The number of hydrogen-bond acceptors (Lipinski definition) is 4. The lowest BCUT2D eigenvalue weighted by Gasteiger charge is -2.23. The van der Waals surface area contributed by atoms with Crippen molar-refractivity contribution in [1.82, 2.24) is 9.55 Å². The molecular weight excluding hydrogens is 464 g/mol. The minimum absolute atomic E-state index is 0.200. The summed E-state index contributed by atoms with van der Waals surface area (Å²) in [6.45, 7) is 5.96. The number of para-hydroxylation sites is 1. The lowest BCUT2D eigenvalue weighted by molar-refractivity contribution is 0.0517. The van der Waals surface area contributed by atoms with Gasteiger partial charge in [0, 0.05) is 23.1 Å². The first-order chi connectivity index (χ1) is 17.9. The standard InChI is InChI=1S/C31H28N2O4/c1-4-37-31(36)26-17-22-14-15-32-30(35)29(22)33(26)25-18-23(16-19(2)20(25)3)28(21-10-6-5-7-11-21)24-12-8-9-13-27(24)34/h5-18,28,34H,4H2,1-3H3,(H,32,35). The van der Waals surface area contributed by atoms with Crippen LogP contribution in [-0.2, 0) is 4.74 Å². The first-order valence-corrected chi connectivity index (χ1v) is 12.2. The van der Waals surface area contributed by atoms with Gasteiger partial charge in [-0.2, -0.15) is 0 Å². The number of carbonyl (C=O) groups excluding carboxylic acids is 1. The molecule has 37 heavy (non-hydrogen) atoms. The molecular formula is C31H28N2O4. The number of pyridine rings is 1. The molecule has 0 bridgehead atoms. The molecule has 0 saturated carbocycles. The van der Waals surface area contributed by atoms with Gasteiger partial charge in [-0.1, -0.05) is 54.6 Å². The number of fused-ring (bicyclic) bond motifs is 1. The summed E-state index contributed by atoms with van der Waals surface area (Å²) >= 11 is 0. The van der Waals surface area contributed by atoms with E-state index >= 15 is 0 Å². The number of rotatable bonds is 6. The van der Waals surface area contributed by atoms with E-state index in [9.17, 15) is 14.7 Å². The molecule has 0 saturated heterocycles. The zero-order chi connectivity index (χ0) is 26.1. The topological polar surface area (TPSA) is 84.3 Å². The van der Waals surface area contributed by atoms with E-state index in [-0.39, 0.29) is 29.5 Å². The minimum Gasteiger partial charge on any atom is -0.508 e. The van der Waals surface area contributed by atoms with Crippen LogP contribution in [0.1, 0.15) is 51.1 Å². The van der Waals surface area contributed by atoms with Crippen LogP contribution in [0.3, 0.4) is 0 Å². The second-order valence-electron chi connectivity index (χ2n) is 9.08. The maximum atomic E-state index is 13.0. The predicted octanol–water partition coefficient (Wildman–Crippen LogP) is 6.00. The number of phenolic OH excluding ortho intramolecular Hbond substituents is 1. The van der Waals surface area contributed by atoms with Crippen molar-refractivity contribution in [3.05, 3.63) is 129 Å². The number of carbonyl (C=O) groups is 1. The lowest BCUT2D eigenvalue weighted by Crippen LogP contribution is -2.16. The number of aromatic hydroxyl groups is 1. The Hall–Kier alpha value is -4.58. The van der Waals surface area contributed by atoms with Gasteiger partial charge in [0.1, 0.15) is 17.0 Å². The lowest BCUT2D eigenvalue weighted by atomic mass is 9.83. The van der Waals surface area contributed by atoms with Gasteiger partial charge in [0.15, 0.2) is 0 Å². The number of esters is 1. The molecule has 0 aliphatic heterocycles. The summed E-state index contributed by atoms with van der Waals surface area (Å²) in [4.78, 5) is 28.8. The molecule has 2 aromatic heterocycles. The number of hydrogen-bond donors (Lipinski definition) is 2. The summed E-state index contributed by atoms with van der Waals surface area (Å²) < 4.78 is 7.06. The molecule has 3 aromatic carbocycles. The van der Waals surface area contributed by atoms with Crippen LogP contribution in [0.15, 0.2) is 89.9 Å². The molecule has 1 unspecified atom stereocenters. The summed E-state index contributed by atoms with van der Waals surface area (Å²) in [6, 6.07) is 24.9. The number of aromatic amines is 1. The van der Waals surface area contributed by atoms with Crippen molar-refractivity contribution in [3.8, 4) is 11.4 Å². The maximum Gasteiger partial charge on any atom is 0.355 e. The van der Waals surface area contributed by atoms with Gasteiger partial charge in [-0.15, -0.1) is 0 Å². The van der Waals surface area contributed by atoms with Crippen LogP contribution >= 0.6 is 0 Å². The van der Waals surface area contributed by atoms with E-state index in [1.807, 2.05) is 62.4 Å². The van der Waals surface area contributed by atoms with Crippen LogP contribution < -0.4 is 5.56 Å². The van der Waals surface area contributed by atoms with Crippen LogP contribution in [-0.4, -0.2) is 27.2 Å². The van der Waals surface area contributed by atoms with E-state index in [1.165, 1.54) is 0 Å². The summed E-state index contributed by atoms with van der Waals surface area (Å²) in [5.74, 6) is -0.571. The number of H-pyrrole nitrogens is 1. The second-order valence-corrected chi connectivity index (χ2v) is 9.08. The highest BCUT2D eigenvalue weighted by atomic mass is 16.5. The highest BCUT2D eigenvalue weighted by Gasteiger charge is 2.25. The number of phenols is 1. The number of ether oxygens (including phenoxy) is 1. The molecule has 0 fully saturated rings. The third-order valence-electron chi connectivity index (χ3n) is 6.82. The van der Waals surface area contributed by atoms with Crippen molar-refractivity contribution >= 4 is 16.9 Å². The summed E-state index contributed by atoms with van der Waals surface area (Å²) in [6.07, 6.45) is 1.57. The first kappa shape index (κ1) is 24.1. The quantitative estimate of drug-likeness (QED) is 0.225. The highest BCUT2D eigenvalue weighted by Crippen LogP contribution is 2.39. The molecule has 2 heterocycles. The minimum atomic E-state index is -0.499. The van der Waals surface area contributed by atoms with Crippen molar-refractivity contribution in [3.63, 3.8) is 0 Å². The average Bonchev–Trinajstić information content (AvgIpc) is 3.29. The largest absolute Gasteiger partial charge is 0.508 e. The van der Waals surface area contributed by atoms with Gasteiger partial charge < -0.3 is 14.8 Å². The third kappa shape index (κ3) is 4.31. The third-order valence-corrected chi connectivity index (χ3v) is 6.82. The molecule has 0 aliphatic carbocycles. The van der Waals surface area contributed by atoms with Crippen LogP contribution in [0.4, 0.5) is 0 Å². The molecule has 5 aromatic rings. The van der Waals surface area contributed by atoms with Crippen LogP contribution in [0.25, 0.3) is 16.6 Å². The summed E-state index contributed by atoms with van der Waals surface area (Å²) in [7, 11) is 0. The first-order valence-electron chi connectivity index (χ1n) is 12.2. The fourth-order valence-corrected chi connectivity index (χ4v) is 4.97. The fourth-order valence-electron chi connectivity index (χ4n) is 4.97. The number of aryl methyl sites for hydroxylation is 1. The molecule has 1 atom stereocenters. The Labute approximate surface area is 214 Å².